The summed E-state index contributed by atoms with van der Waals surface area (Å²) in [6.07, 6.45) is 13.8. The second kappa shape index (κ2) is 28.6. The minimum atomic E-state index is -2.42. The molecule has 2 bridgehead atoms. The van der Waals surface area contributed by atoms with Gasteiger partial charge in [-0.2, -0.15) is 0 Å². The average molecular weight is 1080 g/mol. The number of allylic oxidation sites excluding steroid dienone is 6. The Morgan fingerprint density at radius 3 is 2.29 bits per heavy atom. The molecule has 0 aromatic heterocycles. The summed E-state index contributed by atoms with van der Waals surface area (Å²) in [4.78, 5) is 72.3. The van der Waals surface area contributed by atoms with Crippen LogP contribution in [0.4, 0.5) is 0 Å². The fourth-order valence-electron chi connectivity index (χ4n) is 10.6. The van der Waals surface area contributed by atoms with E-state index in [1.54, 1.807) is 41.1 Å². The molecule has 15 heteroatoms. The van der Waals surface area contributed by atoms with Crippen molar-refractivity contribution in [3.05, 3.63) is 47.6 Å². The monoisotopic (exact) mass is 1080 g/mol. The van der Waals surface area contributed by atoms with Crippen molar-refractivity contribution >= 4 is 51.8 Å². The lowest BCUT2D eigenvalue weighted by molar-refractivity contribution is -0.265. The zero-order valence-electron chi connectivity index (χ0n) is 43.1. The molecular formula is C54H84INO13. The molecular weight excluding hydrogens is 997 g/mol. The first-order chi connectivity index (χ1) is 32.8. The summed E-state index contributed by atoms with van der Waals surface area (Å²) in [7, 11) is 4.67. The number of esters is 1. The smallest absolute Gasteiger partial charge is 0.329 e. The number of aliphatic hydroxyl groups excluding tert-OH is 1. The highest BCUT2D eigenvalue weighted by atomic mass is 127. The molecule has 0 radical (unpaired) electrons. The number of fused-ring (bicyclic) bond motifs is 3. The molecule has 4 rings (SSSR count). The Hall–Kier alpha value is -2.64. The van der Waals surface area contributed by atoms with Crippen LogP contribution in [-0.2, 0) is 52.4 Å². The predicted molar refractivity (Wildman–Crippen MR) is 272 cm³/mol. The van der Waals surface area contributed by atoms with Crippen LogP contribution < -0.4 is 0 Å². The Labute approximate surface area is 425 Å². The number of rotatable bonds is 10. The van der Waals surface area contributed by atoms with Gasteiger partial charge in [-0.05, 0) is 113 Å². The van der Waals surface area contributed by atoms with Crippen LogP contribution in [0, 0.1) is 35.5 Å². The van der Waals surface area contributed by atoms with E-state index in [0.29, 0.717) is 57.1 Å². The lowest BCUT2D eigenvalue weighted by Crippen LogP contribution is -2.61. The predicted octanol–water partition coefficient (Wildman–Crippen LogP) is 8.03. The van der Waals surface area contributed by atoms with Crippen molar-refractivity contribution in [1.29, 1.82) is 0 Å². The van der Waals surface area contributed by atoms with Crippen molar-refractivity contribution in [2.45, 2.75) is 186 Å². The number of ether oxygens (including phenoxy) is 6. The van der Waals surface area contributed by atoms with Gasteiger partial charge in [0.25, 0.3) is 11.7 Å². The number of halogens is 1. The number of hydrogen-bond donors (Lipinski definition) is 2. The molecule has 14 nitrogen and oxygen atoms in total. The van der Waals surface area contributed by atoms with E-state index >= 15 is 0 Å². The molecule has 1 saturated carbocycles. The van der Waals surface area contributed by atoms with Crippen molar-refractivity contribution in [2.75, 3.05) is 38.9 Å². The highest BCUT2D eigenvalue weighted by Gasteiger charge is 2.53. The van der Waals surface area contributed by atoms with E-state index in [1.165, 1.54) is 12.0 Å². The largest absolute Gasteiger partial charge is 0.460 e. The summed E-state index contributed by atoms with van der Waals surface area (Å²) in [6.45, 7) is 13.6. The standard InChI is InChI=1S/C54H84INO13/c1-33-17-12-11-13-18-34(2)45(64-8)31-41-22-20-39(7)54(63,69-41)51(60)52(61)56-25-15-14-19-42(56)53(62)68-46(36(4)29-40-21-23-44(47(30-40)65-9)67-26-16-24-55)32-43(57)35(3)28-38(6)49(59)50(66-10)48(58)37(5)27-33/h11-13,17-18,28,33,35-37,39-42,44-47,49-50,59,63H,14-16,19-27,29-32H2,1-10H3/b13-11?,17-12+,34-18?,38-28+/t33-,35-,36-,37-,39-,40+,41+,42+,44-,45+,46+,47-,49-,50+,54-/m1/s1. The normalized spacial score (nSPS) is 37.6. The number of aliphatic hydroxyl groups is 2. The highest BCUT2D eigenvalue weighted by molar-refractivity contribution is 14.1. The number of carbonyl (C=O) groups is 5. The summed E-state index contributed by atoms with van der Waals surface area (Å²) in [5.41, 5.74) is 1.29. The van der Waals surface area contributed by atoms with Crippen LogP contribution in [0.2, 0.25) is 0 Å². The fraction of sp³-hybridized carbons (Fsp3) is 0.759. The van der Waals surface area contributed by atoms with E-state index in [9.17, 15) is 34.2 Å². The van der Waals surface area contributed by atoms with Gasteiger partial charge in [0, 0.05) is 69.5 Å². The first kappa shape index (κ1) is 58.9. The Morgan fingerprint density at radius 2 is 1.61 bits per heavy atom. The Kier molecular flexibility index (Phi) is 24.4. The molecule has 15 atom stereocenters. The molecule has 69 heavy (non-hydrogen) atoms. The van der Waals surface area contributed by atoms with Crippen LogP contribution in [0.15, 0.2) is 47.6 Å². The Balaban J connectivity index is 1.69. The minimum Gasteiger partial charge on any atom is -0.460 e. The van der Waals surface area contributed by atoms with E-state index in [4.69, 9.17) is 28.4 Å². The third-order valence-corrected chi connectivity index (χ3v) is 15.8. The molecule has 3 aliphatic heterocycles. The molecule has 1 amide bonds. The molecule has 390 valence electrons. The number of nitrogens with zero attached hydrogens (tertiary/aromatic N) is 1. The maximum absolute atomic E-state index is 14.5. The molecule has 0 spiro atoms. The van der Waals surface area contributed by atoms with Crippen molar-refractivity contribution in [2.24, 2.45) is 35.5 Å². The second-order valence-corrected chi connectivity index (χ2v) is 21.6. The molecule has 2 N–H and O–H groups in total. The third kappa shape index (κ3) is 16.4. The van der Waals surface area contributed by atoms with Gasteiger partial charge in [-0.25, -0.2) is 4.79 Å². The number of carbonyl (C=O) groups excluding carboxylic acids is 5. The van der Waals surface area contributed by atoms with Crippen molar-refractivity contribution in [3.8, 4) is 0 Å². The number of alkyl halides is 1. The topological polar surface area (TPSA) is 184 Å². The van der Waals surface area contributed by atoms with E-state index in [1.807, 2.05) is 58.1 Å². The fourth-order valence-corrected chi connectivity index (χ4v) is 10.9. The van der Waals surface area contributed by atoms with Crippen LogP contribution in [-0.4, -0.2) is 138 Å². The maximum Gasteiger partial charge on any atom is 0.329 e. The number of methoxy groups -OCH3 is 3. The van der Waals surface area contributed by atoms with Gasteiger partial charge in [-0.1, -0.05) is 93.7 Å². The number of ketones is 3. The molecule has 0 unspecified atom stereocenters. The summed E-state index contributed by atoms with van der Waals surface area (Å²) in [5, 5.41) is 23.5. The number of cyclic esters (lactones) is 1. The van der Waals surface area contributed by atoms with E-state index in [2.05, 4.69) is 22.6 Å². The van der Waals surface area contributed by atoms with Crippen LogP contribution >= 0.6 is 22.6 Å². The number of hydrogen-bond acceptors (Lipinski definition) is 13. The quantitative estimate of drug-likeness (QED) is 0.0536. The highest BCUT2D eigenvalue weighted by Crippen LogP contribution is 2.38. The van der Waals surface area contributed by atoms with Crippen molar-refractivity contribution in [1.82, 2.24) is 4.90 Å². The molecule has 2 saturated heterocycles. The third-order valence-electron chi connectivity index (χ3n) is 15.1. The summed E-state index contributed by atoms with van der Waals surface area (Å²) < 4.78 is 37.1. The van der Waals surface area contributed by atoms with Crippen LogP contribution in [0.5, 0.6) is 0 Å². The van der Waals surface area contributed by atoms with Gasteiger partial charge in [0.2, 0.25) is 5.79 Å². The second-order valence-electron chi connectivity index (χ2n) is 20.5. The van der Waals surface area contributed by atoms with Gasteiger partial charge >= 0.3 is 5.97 Å². The zero-order chi connectivity index (χ0) is 51.0. The molecule has 0 aromatic carbocycles. The zero-order valence-corrected chi connectivity index (χ0v) is 45.2. The maximum atomic E-state index is 14.5. The van der Waals surface area contributed by atoms with Gasteiger partial charge in [-0.15, -0.1) is 0 Å². The van der Waals surface area contributed by atoms with Gasteiger partial charge in [0.05, 0.1) is 24.4 Å². The van der Waals surface area contributed by atoms with Gasteiger partial charge in [0.15, 0.2) is 5.78 Å². The van der Waals surface area contributed by atoms with Crippen LogP contribution in [0.3, 0.4) is 0 Å². The molecule has 3 heterocycles. The Bertz CT molecular complexity index is 1830. The van der Waals surface area contributed by atoms with E-state index in [-0.39, 0.29) is 60.9 Å². The van der Waals surface area contributed by atoms with E-state index in [0.717, 1.165) is 35.7 Å². The summed E-state index contributed by atoms with van der Waals surface area (Å²) in [6, 6.07) is -1.13. The van der Waals surface area contributed by atoms with E-state index < -0.39 is 77.8 Å². The van der Waals surface area contributed by atoms with Gasteiger partial charge in [0.1, 0.15) is 30.1 Å². The van der Waals surface area contributed by atoms with Crippen LogP contribution in [0.1, 0.15) is 132 Å². The molecule has 4 aliphatic rings. The summed E-state index contributed by atoms with van der Waals surface area (Å²) in [5.74, 6) is -7.71. The van der Waals surface area contributed by atoms with Crippen LogP contribution in [0.25, 0.3) is 0 Å². The first-order valence-electron chi connectivity index (χ1n) is 25.5. The molecule has 0 aromatic rings. The number of piperidine rings is 1. The lowest BCUT2D eigenvalue weighted by Gasteiger charge is -2.42. The molecule has 3 fully saturated rings. The van der Waals surface area contributed by atoms with Crippen molar-refractivity contribution < 1.29 is 62.6 Å². The lowest BCUT2D eigenvalue weighted by atomic mass is 9.78. The first-order valence-corrected chi connectivity index (χ1v) is 27.0. The van der Waals surface area contributed by atoms with Gasteiger partial charge < -0.3 is 43.5 Å². The molecule has 1 aliphatic carbocycles. The van der Waals surface area contributed by atoms with Crippen molar-refractivity contribution in [3.63, 3.8) is 0 Å². The summed E-state index contributed by atoms with van der Waals surface area (Å²) >= 11 is 2.34. The number of amides is 1. The van der Waals surface area contributed by atoms with Gasteiger partial charge in [-0.3, -0.25) is 19.2 Å². The SMILES string of the molecule is CO[C@H]1C[C@@H]2CC[C@@H](C)[C@@](O)(O2)C(=O)C(=O)N2CCCC[C@H]2C(=O)O[C@H]([C@H](C)C[C@@H]2CC[C@@H](OCCCI)[C@H](OC)C2)CC(=O)[C@H](C)/C=C(\C)[C@@H](O)[C@@H](OC)C(=O)[C@H](C)C[C@H](C)/C=C/C=CC=C1C. The number of Topliss-reactive ketones (excluding diaryl/α,β-unsaturated/α-hetero) is 3. The average Bonchev–Trinajstić information content (AvgIpc) is 3.33. The Morgan fingerprint density at radius 1 is 0.870 bits per heavy atom. The minimum absolute atomic E-state index is 0.0166.